The number of rotatable bonds is 6. The van der Waals surface area contributed by atoms with Gasteiger partial charge in [0.05, 0.1) is 50.3 Å². The number of anilines is 1. The fourth-order valence-corrected chi connectivity index (χ4v) is 4.70. The summed E-state index contributed by atoms with van der Waals surface area (Å²) < 4.78 is 96.2. The van der Waals surface area contributed by atoms with Crippen LogP contribution < -0.4 is 9.64 Å². The number of methoxy groups -OCH3 is 2. The number of benzene rings is 2. The summed E-state index contributed by atoms with van der Waals surface area (Å²) >= 11 is 0. The van der Waals surface area contributed by atoms with E-state index in [0.29, 0.717) is 17.7 Å². The summed E-state index contributed by atoms with van der Waals surface area (Å²) in [5, 5.41) is 9.84. The average molecular weight is 579 g/mol. The molecule has 2 unspecified atom stereocenters. The van der Waals surface area contributed by atoms with Gasteiger partial charge in [-0.25, -0.2) is 9.59 Å². The number of aliphatic hydroxyl groups is 1. The van der Waals surface area contributed by atoms with Gasteiger partial charge in [-0.15, -0.1) is 0 Å². The average Bonchev–Trinajstić information content (AvgIpc) is 2.89. The third-order valence-corrected chi connectivity index (χ3v) is 6.47. The Morgan fingerprint density at radius 1 is 1.02 bits per heavy atom. The molecule has 0 fully saturated rings. The minimum atomic E-state index is -5.08. The molecule has 2 amide bonds. The number of carbonyl (C=O) groups is 2. The smallest absolute Gasteiger partial charge is 0.416 e. The number of hydrogen-bond donors (Lipinski definition) is 1. The molecule has 1 N–H and O–H groups in total. The van der Waals surface area contributed by atoms with Crippen molar-refractivity contribution in [3.8, 4) is 5.75 Å². The summed E-state index contributed by atoms with van der Waals surface area (Å²) in [5.74, 6) is 0.188. The normalized spacial score (nSPS) is 17.2. The second kappa shape index (κ2) is 11.8. The minimum Gasteiger partial charge on any atom is -0.496 e. The van der Waals surface area contributed by atoms with Crippen molar-refractivity contribution in [3.05, 3.63) is 58.1 Å². The summed E-state index contributed by atoms with van der Waals surface area (Å²) in [6.45, 7) is 2.14. The van der Waals surface area contributed by atoms with Crippen molar-refractivity contribution in [1.82, 2.24) is 4.90 Å². The Labute approximate surface area is 226 Å². The topological polar surface area (TPSA) is 88.5 Å². The van der Waals surface area contributed by atoms with Crippen LogP contribution in [0.25, 0.3) is 0 Å². The number of hydrogen-bond acceptors (Lipinski definition) is 6. The Bertz CT molecular complexity index is 1220. The van der Waals surface area contributed by atoms with E-state index >= 15 is 0 Å². The molecule has 8 nitrogen and oxygen atoms in total. The van der Waals surface area contributed by atoms with Gasteiger partial charge in [0, 0.05) is 23.7 Å². The van der Waals surface area contributed by atoms with Crippen LogP contribution in [-0.4, -0.2) is 49.1 Å². The largest absolute Gasteiger partial charge is 0.496 e. The zero-order valence-corrected chi connectivity index (χ0v) is 22.0. The monoisotopic (exact) mass is 578 g/mol. The number of amides is 2. The first-order chi connectivity index (χ1) is 18.7. The van der Waals surface area contributed by atoms with Gasteiger partial charge in [0.25, 0.3) is 0 Å². The van der Waals surface area contributed by atoms with Gasteiger partial charge in [-0.3, -0.25) is 9.80 Å². The number of fused-ring (bicyclic) bond motifs is 1. The Kier molecular flexibility index (Phi) is 9.12. The van der Waals surface area contributed by atoms with Crippen molar-refractivity contribution in [2.75, 3.05) is 25.7 Å². The Morgan fingerprint density at radius 2 is 1.62 bits per heavy atom. The van der Waals surface area contributed by atoms with Crippen LogP contribution in [0.5, 0.6) is 5.75 Å². The van der Waals surface area contributed by atoms with E-state index in [1.54, 1.807) is 13.8 Å². The number of aliphatic hydroxyl groups excluding tert-OH is 1. The predicted molar refractivity (Wildman–Crippen MR) is 130 cm³/mol. The van der Waals surface area contributed by atoms with E-state index in [4.69, 9.17) is 14.2 Å². The first kappa shape index (κ1) is 30.9. The Hall–Kier alpha value is -3.68. The zero-order valence-electron chi connectivity index (χ0n) is 22.0. The molecule has 2 aromatic rings. The van der Waals surface area contributed by atoms with Crippen molar-refractivity contribution in [3.63, 3.8) is 0 Å². The van der Waals surface area contributed by atoms with Gasteiger partial charge in [-0.1, -0.05) is 0 Å². The first-order valence-corrected chi connectivity index (χ1v) is 12.1. The molecule has 0 aliphatic carbocycles. The van der Waals surface area contributed by atoms with E-state index in [2.05, 4.69) is 0 Å². The lowest BCUT2D eigenvalue weighted by atomic mass is 9.89. The number of alkyl halides is 6. The number of ether oxygens (including phenoxy) is 3. The summed E-state index contributed by atoms with van der Waals surface area (Å²) in [6.07, 6.45) is -11.9. The van der Waals surface area contributed by atoms with Gasteiger partial charge < -0.3 is 19.3 Å². The third kappa shape index (κ3) is 6.37. The second-order valence-corrected chi connectivity index (χ2v) is 9.06. The van der Waals surface area contributed by atoms with E-state index in [0.717, 1.165) is 12.0 Å². The van der Waals surface area contributed by atoms with Crippen LogP contribution in [0.1, 0.15) is 54.1 Å². The highest BCUT2D eigenvalue weighted by Gasteiger charge is 2.41. The van der Waals surface area contributed by atoms with Crippen LogP contribution in [0.4, 0.5) is 41.6 Å². The molecule has 1 aliphatic heterocycles. The second-order valence-electron chi connectivity index (χ2n) is 9.06. The maximum atomic E-state index is 13.5. The van der Waals surface area contributed by atoms with Crippen molar-refractivity contribution >= 4 is 17.9 Å². The molecule has 0 radical (unpaired) electrons. The molecule has 1 aliphatic rings. The molecule has 0 bridgehead atoms. The molecule has 0 saturated carbocycles. The maximum Gasteiger partial charge on any atom is 0.416 e. The number of halogens is 6. The minimum absolute atomic E-state index is 0.00245. The van der Waals surface area contributed by atoms with Gasteiger partial charge in [0.15, 0.2) is 0 Å². The van der Waals surface area contributed by atoms with Crippen LogP contribution in [0.15, 0.2) is 30.3 Å². The SMILES string of the molecule is CCOC(=O)N1c2cc(CO)c(OC)cc2C(N(Cc2cc(C(F)(F)F)cc(C(F)(F)F)c2)C(=O)OC)CC1C. The molecular formula is C26H28F6N2O6. The lowest BCUT2D eigenvalue weighted by molar-refractivity contribution is -0.143. The molecular weight excluding hydrogens is 550 g/mol. The van der Waals surface area contributed by atoms with Crippen molar-refractivity contribution in [2.24, 2.45) is 0 Å². The summed E-state index contributed by atoms with van der Waals surface area (Å²) in [5.41, 5.74) is -2.69. The maximum absolute atomic E-state index is 13.5. The zero-order chi connectivity index (χ0) is 30.0. The fourth-order valence-electron chi connectivity index (χ4n) is 4.70. The highest BCUT2D eigenvalue weighted by molar-refractivity contribution is 5.91. The lowest BCUT2D eigenvalue weighted by Gasteiger charge is -2.42. The number of nitrogens with zero attached hydrogens (tertiary/aromatic N) is 2. The molecule has 40 heavy (non-hydrogen) atoms. The van der Waals surface area contributed by atoms with E-state index in [1.165, 1.54) is 24.1 Å². The molecule has 0 spiro atoms. The van der Waals surface area contributed by atoms with Gasteiger partial charge in [-0.2, -0.15) is 26.3 Å². The standard InChI is InChI=1S/C26H28F6N2O6/c1-5-40-24(37)34-14(2)6-20(19-11-22(38-3)16(13-35)9-21(19)34)33(23(36)39-4)12-15-7-17(25(27,28)29)10-18(8-15)26(30,31)32/h7-11,14,20,35H,5-6,12-13H2,1-4H3. The lowest BCUT2D eigenvalue weighted by Crippen LogP contribution is -2.47. The van der Waals surface area contributed by atoms with Crippen molar-refractivity contribution in [1.29, 1.82) is 0 Å². The van der Waals surface area contributed by atoms with E-state index in [1.807, 2.05) is 0 Å². The molecule has 0 saturated heterocycles. The van der Waals surface area contributed by atoms with Gasteiger partial charge in [-0.05, 0) is 56.2 Å². The van der Waals surface area contributed by atoms with E-state index in [9.17, 15) is 41.0 Å². The number of carbonyl (C=O) groups excluding carboxylic acids is 2. The molecule has 1 heterocycles. The first-order valence-electron chi connectivity index (χ1n) is 12.1. The van der Waals surface area contributed by atoms with Crippen molar-refractivity contribution in [2.45, 2.75) is 57.9 Å². The predicted octanol–water partition coefficient (Wildman–Crippen LogP) is 6.29. The third-order valence-electron chi connectivity index (χ3n) is 6.47. The molecule has 3 rings (SSSR count). The molecule has 2 aromatic carbocycles. The van der Waals surface area contributed by atoms with Crippen molar-refractivity contribution < 1.29 is 55.2 Å². The molecule has 220 valence electrons. The summed E-state index contributed by atoms with van der Waals surface area (Å²) in [7, 11) is 2.35. The molecule has 2 atom stereocenters. The summed E-state index contributed by atoms with van der Waals surface area (Å²) in [6, 6.07) is 2.37. The van der Waals surface area contributed by atoms with Crippen LogP contribution in [0.2, 0.25) is 0 Å². The quantitative estimate of drug-likeness (QED) is 0.406. The van der Waals surface area contributed by atoms with Gasteiger partial charge in [0.2, 0.25) is 0 Å². The molecule has 0 aromatic heterocycles. The summed E-state index contributed by atoms with van der Waals surface area (Å²) in [4.78, 5) is 28.1. The molecule has 14 heteroatoms. The van der Waals surface area contributed by atoms with Crippen LogP contribution in [-0.2, 0) is 35.0 Å². The van der Waals surface area contributed by atoms with Crippen LogP contribution in [0, 0.1) is 0 Å². The van der Waals surface area contributed by atoms with Gasteiger partial charge in [0.1, 0.15) is 5.75 Å². The Balaban J connectivity index is 2.20. The van der Waals surface area contributed by atoms with Crippen LogP contribution in [0.3, 0.4) is 0 Å². The van der Waals surface area contributed by atoms with E-state index < -0.39 is 66.5 Å². The Morgan fingerprint density at radius 3 is 2.10 bits per heavy atom. The van der Waals surface area contributed by atoms with Crippen LogP contribution >= 0.6 is 0 Å². The highest BCUT2D eigenvalue weighted by Crippen LogP contribution is 2.45. The van der Waals surface area contributed by atoms with Gasteiger partial charge >= 0.3 is 24.5 Å². The highest BCUT2D eigenvalue weighted by atomic mass is 19.4. The fraction of sp³-hybridized carbons (Fsp3) is 0.462. The van der Waals surface area contributed by atoms with E-state index in [-0.39, 0.29) is 36.1 Å².